The number of epoxide rings is 1. The van der Waals surface area contributed by atoms with Crippen LogP contribution in [0.3, 0.4) is 0 Å². The van der Waals surface area contributed by atoms with Gasteiger partial charge in [-0.1, -0.05) is 71.1 Å². The Labute approximate surface area is 118 Å². The molecule has 108 valence electrons. The van der Waals surface area contributed by atoms with Crippen LogP contribution in [0, 0.1) is 0 Å². The highest BCUT2D eigenvalue weighted by molar-refractivity contribution is 7.99. The zero-order chi connectivity index (χ0) is 12.9. The quantitative estimate of drug-likeness (QED) is 0.309. The maximum Gasteiger partial charge on any atom is 0.0900 e. The maximum absolute atomic E-state index is 5.19. The van der Waals surface area contributed by atoms with Crippen molar-refractivity contribution in [3.05, 3.63) is 0 Å². The molecule has 1 aliphatic heterocycles. The first-order valence-electron chi connectivity index (χ1n) is 8.13. The van der Waals surface area contributed by atoms with E-state index in [0.717, 1.165) is 6.61 Å². The molecule has 1 fully saturated rings. The topological polar surface area (TPSA) is 12.5 Å². The molecule has 0 aromatic heterocycles. The number of ether oxygens (including phenoxy) is 1. The van der Waals surface area contributed by atoms with Crippen molar-refractivity contribution in [2.24, 2.45) is 0 Å². The molecule has 0 aromatic rings. The lowest BCUT2D eigenvalue weighted by molar-refractivity contribution is 0.426. The van der Waals surface area contributed by atoms with Gasteiger partial charge in [-0.3, -0.25) is 0 Å². The minimum absolute atomic E-state index is 0.614. The summed E-state index contributed by atoms with van der Waals surface area (Å²) in [5, 5.41) is 0. The molecule has 1 nitrogen and oxygen atoms in total. The summed E-state index contributed by atoms with van der Waals surface area (Å²) in [5.74, 6) is 2.58. The summed E-state index contributed by atoms with van der Waals surface area (Å²) < 4.78 is 5.19. The number of hydrogen-bond donors (Lipinski definition) is 0. The smallest absolute Gasteiger partial charge is 0.0900 e. The van der Waals surface area contributed by atoms with Gasteiger partial charge in [0.2, 0.25) is 0 Å². The lowest BCUT2D eigenvalue weighted by atomic mass is 10.1. The average Bonchev–Trinajstić information content (AvgIpc) is 3.19. The van der Waals surface area contributed by atoms with Gasteiger partial charge in [0, 0.05) is 5.75 Å². The van der Waals surface area contributed by atoms with Gasteiger partial charge in [0.1, 0.15) is 0 Å². The summed E-state index contributed by atoms with van der Waals surface area (Å²) in [5.41, 5.74) is 0. The Hall–Kier alpha value is 0.310. The van der Waals surface area contributed by atoms with Crippen molar-refractivity contribution in [1.82, 2.24) is 0 Å². The van der Waals surface area contributed by atoms with Crippen LogP contribution in [0.15, 0.2) is 0 Å². The van der Waals surface area contributed by atoms with Crippen molar-refractivity contribution in [3.8, 4) is 0 Å². The molecule has 0 amide bonds. The molecular weight excluding hydrogens is 240 g/mol. The lowest BCUT2D eigenvalue weighted by Crippen LogP contribution is -1.91. The van der Waals surface area contributed by atoms with Crippen LogP contribution in [0.4, 0.5) is 0 Å². The largest absolute Gasteiger partial charge is 0.372 e. The average molecular weight is 272 g/mol. The van der Waals surface area contributed by atoms with Gasteiger partial charge >= 0.3 is 0 Å². The fraction of sp³-hybridized carbons (Fsp3) is 1.00. The monoisotopic (exact) mass is 272 g/mol. The van der Waals surface area contributed by atoms with E-state index in [1.54, 1.807) is 0 Å². The zero-order valence-electron chi connectivity index (χ0n) is 12.3. The third-order valence-corrected chi connectivity index (χ3v) is 4.78. The van der Waals surface area contributed by atoms with Gasteiger partial charge in [0.05, 0.1) is 12.7 Å². The second kappa shape index (κ2) is 12.3. The fourth-order valence-electron chi connectivity index (χ4n) is 2.25. The van der Waals surface area contributed by atoms with E-state index in [0.29, 0.717) is 6.10 Å². The zero-order valence-corrected chi connectivity index (χ0v) is 13.1. The van der Waals surface area contributed by atoms with Crippen LogP contribution in [0.2, 0.25) is 0 Å². The maximum atomic E-state index is 5.19. The highest BCUT2D eigenvalue weighted by Crippen LogP contribution is 2.18. The predicted molar refractivity (Wildman–Crippen MR) is 83.5 cm³/mol. The molecule has 1 aliphatic rings. The van der Waals surface area contributed by atoms with Gasteiger partial charge in [0.25, 0.3) is 0 Å². The molecule has 0 aliphatic carbocycles. The molecule has 1 unspecified atom stereocenters. The van der Waals surface area contributed by atoms with Crippen molar-refractivity contribution in [1.29, 1.82) is 0 Å². The third kappa shape index (κ3) is 11.4. The Morgan fingerprint density at radius 3 is 1.83 bits per heavy atom. The molecule has 18 heavy (non-hydrogen) atoms. The third-order valence-electron chi connectivity index (χ3n) is 3.60. The molecular formula is C16H32OS. The Bertz CT molecular complexity index is 168. The van der Waals surface area contributed by atoms with E-state index in [1.165, 1.54) is 82.1 Å². The molecule has 0 saturated carbocycles. The highest BCUT2D eigenvalue weighted by Gasteiger charge is 2.21. The van der Waals surface area contributed by atoms with E-state index < -0.39 is 0 Å². The SMILES string of the molecule is CCCCCCCCCCCCCSCC1CO1. The molecule has 0 spiro atoms. The second-order valence-electron chi connectivity index (χ2n) is 5.57. The summed E-state index contributed by atoms with van der Waals surface area (Å²) >= 11 is 2.08. The van der Waals surface area contributed by atoms with Crippen molar-refractivity contribution in [2.45, 2.75) is 83.7 Å². The van der Waals surface area contributed by atoms with E-state index in [2.05, 4.69) is 18.7 Å². The molecule has 1 heterocycles. The molecule has 0 radical (unpaired) electrons. The van der Waals surface area contributed by atoms with Gasteiger partial charge in [0.15, 0.2) is 0 Å². The molecule has 1 rings (SSSR count). The number of hydrogen-bond acceptors (Lipinski definition) is 2. The van der Waals surface area contributed by atoms with E-state index in [9.17, 15) is 0 Å². The van der Waals surface area contributed by atoms with Crippen LogP contribution in [0.25, 0.3) is 0 Å². The number of thioether (sulfide) groups is 1. The Morgan fingerprint density at radius 1 is 0.833 bits per heavy atom. The Balaban J connectivity index is 1.60. The van der Waals surface area contributed by atoms with Crippen LogP contribution < -0.4 is 0 Å². The van der Waals surface area contributed by atoms with Gasteiger partial charge in [-0.05, 0) is 12.2 Å². The van der Waals surface area contributed by atoms with Crippen LogP contribution in [0.1, 0.15) is 77.6 Å². The molecule has 2 heteroatoms. The highest BCUT2D eigenvalue weighted by atomic mass is 32.2. The van der Waals surface area contributed by atoms with Crippen LogP contribution in [-0.4, -0.2) is 24.2 Å². The van der Waals surface area contributed by atoms with Crippen molar-refractivity contribution >= 4 is 11.8 Å². The van der Waals surface area contributed by atoms with Crippen molar-refractivity contribution in [3.63, 3.8) is 0 Å². The Kier molecular flexibility index (Phi) is 11.2. The van der Waals surface area contributed by atoms with Gasteiger partial charge in [-0.2, -0.15) is 11.8 Å². The molecule has 1 saturated heterocycles. The van der Waals surface area contributed by atoms with Crippen LogP contribution >= 0.6 is 11.8 Å². The van der Waals surface area contributed by atoms with Crippen molar-refractivity contribution < 1.29 is 4.74 Å². The number of unbranched alkanes of at least 4 members (excludes halogenated alkanes) is 10. The summed E-state index contributed by atoms with van der Waals surface area (Å²) in [6.07, 6.45) is 16.5. The van der Waals surface area contributed by atoms with E-state index >= 15 is 0 Å². The van der Waals surface area contributed by atoms with Crippen LogP contribution in [0.5, 0.6) is 0 Å². The van der Waals surface area contributed by atoms with E-state index in [4.69, 9.17) is 4.74 Å². The summed E-state index contributed by atoms with van der Waals surface area (Å²) in [7, 11) is 0. The standard InChI is InChI=1S/C16H32OS/c1-2-3-4-5-6-7-8-9-10-11-12-13-18-15-16-14-17-16/h16H,2-15H2,1H3. The van der Waals surface area contributed by atoms with Gasteiger partial charge < -0.3 is 4.74 Å². The number of rotatable bonds is 14. The van der Waals surface area contributed by atoms with Gasteiger partial charge in [-0.25, -0.2) is 0 Å². The first-order chi connectivity index (χ1) is 8.93. The first-order valence-corrected chi connectivity index (χ1v) is 9.28. The minimum Gasteiger partial charge on any atom is -0.372 e. The molecule has 0 N–H and O–H groups in total. The van der Waals surface area contributed by atoms with Crippen molar-refractivity contribution in [2.75, 3.05) is 18.1 Å². The molecule has 1 atom stereocenters. The molecule has 0 bridgehead atoms. The summed E-state index contributed by atoms with van der Waals surface area (Å²) in [6.45, 7) is 3.31. The van der Waals surface area contributed by atoms with E-state index in [-0.39, 0.29) is 0 Å². The molecule has 0 aromatic carbocycles. The van der Waals surface area contributed by atoms with E-state index in [1.807, 2.05) is 0 Å². The predicted octanol–water partition coefficient (Wildman–Crippen LogP) is 5.43. The summed E-state index contributed by atoms with van der Waals surface area (Å²) in [6, 6.07) is 0. The second-order valence-corrected chi connectivity index (χ2v) is 6.72. The van der Waals surface area contributed by atoms with Crippen LogP contribution in [-0.2, 0) is 4.74 Å². The first kappa shape index (κ1) is 16.4. The van der Waals surface area contributed by atoms with Gasteiger partial charge in [-0.15, -0.1) is 0 Å². The normalized spacial score (nSPS) is 18.2. The Morgan fingerprint density at radius 2 is 1.33 bits per heavy atom. The fourth-order valence-corrected chi connectivity index (χ4v) is 3.28. The summed E-state index contributed by atoms with van der Waals surface area (Å²) in [4.78, 5) is 0. The lowest BCUT2D eigenvalue weighted by Gasteiger charge is -2.02. The minimum atomic E-state index is 0.614.